The summed E-state index contributed by atoms with van der Waals surface area (Å²) in [6.45, 7) is 7.48. The SMILES string of the molecule is CC[C@@H](C(=O)Nc1cccc(F)c1)n1nc(C)c2c(C)n(-c3ccc(C)cc3)nc2c1=O. The van der Waals surface area contributed by atoms with E-state index in [0.717, 1.165) is 16.9 Å². The van der Waals surface area contributed by atoms with Crippen molar-refractivity contribution in [2.45, 2.75) is 40.2 Å². The Hall–Kier alpha value is -3.81. The maximum Gasteiger partial charge on any atom is 0.295 e. The third-order valence-electron chi connectivity index (χ3n) is 5.50. The highest BCUT2D eigenvalue weighted by Gasteiger charge is 2.25. The van der Waals surface area contributed by atoms with Gasteiger partial charge >= 0.3 is 0 Å². The Morgan fingerprint density at radius 3 is 2.47 bits per heavy atom. The number of hydrogen-bond donors (Lipinski definition) is 1. The molecule has 32 heavy (non-hydrogen) atoms. The van der Waals surface area contributed by atoms with Gasteiger partial charge in [-0.15, -0.1) is 0 Å². The van der Waals surface area contributed by atoms with Gasteiger partial charge in [0.05, 0.1) is 22.5 Å². The van der Waals surface area contributed by atoms with Crippen molar-refractivity contribution >= 4 is 22.5 Å². The Balaban J connectivity index is 1.78. The quantitative estimate of drug-likeness (QED) is 0.511. The fourth-order valence-corrected chi connectivity index (χ4v) is 3.86. The molecule has 1 atom stereocenters. The lowest BCUT2D eigenvalue weighted by Crippen LogP contribution is -2.35. The van der Waals surface area contributed by atoms with E-state index < -0.39 is 23.3 Å². The zero-order chi connectivity index (χ0) is 23.0. The summed E-state index contributed by atoms with van der Waals surface area (Å²) < 4.78 is 16.4. The molecule has 0 saturated carbocycles. The minimum Gasteiger partial charge on any atom is -0.324 e. The molecular formula is C24H24FN5O2. The lowest BCUT2D eigenvalue weighted by molar-refractivity contribution is -0.119. The van der Waals surface area contributed by atoms with Gasteiger partial charge in [-0.1, -0.05) is 30.7 Å². The number of hydrogen-bond acceptors (Lipinski definition) is 4. The van der Waals surface area contributed by atoms with E-state index in [1.54, 1.807) is 24.6 Å². The molecule has 0 aliphatic carbocycles. The molecule has 4 rings (SSSR count). The molecule has 164 valence electrons. The monoisotopic (exact) mass is 433 g/mol. The van der Waals surface area contributed by atoms with Gasteiger partial charge in [0.1, 0.15) is 11.9 Å². The summed E-state index contributed by atoms with van der Waals surface area (Å²) in [4.78, 5) is 26.2. The van der Waals surface area contributed by atoms with Crippen molar-refractivity contribution in [2.24, 2.45) is 0 Å². The van der Waals surface area contributed by atoms with Crippen LogP contribution in [0.2, 0.25) is 0 Å². The van der Waals surface area contributed by atoms with Gasteiger partial charge in [0.2, 0.25) is 5.91 Å². The van der Waals surface area contributed by atoms with E-state index in [4.69, 9.17) is 0 Å². The summed E-state index contributed by atoms with van der Waals surface area (Å²) in [5.74, 6) is -0.901. The molecule has 7 nitrogen and oxygen atoms in total. The van der Waals surface area contributed by atoms with Crippen molar-refractivity contribution in [2.75, 3.05) is 5.32 Å². The van der Waals surface area contributed by atoms with Gasteiger partial charge < -0.3 is 5.32 Å². The number of amides is 1. The van der Waals surface area contributed by atoms with Crippen LogP contribution in [0.15, 0.2) is 53.3 Å². The van der Waals surface area contributed by atoms with Crippen molar-refractivity contribution in [3.05, 3.63) is 81.7 Å². The van der Waals surface area contributed by atoms with Gasteiger partial charge in [0.25, 0.3) is 5.56 Å². The first-order valence-electron chi connectivity index (χ1n) is 10.4. The first-order valence-corrected chi connectivity index (χ1v) is 10.4. The average Bonchev–Trinajstić information content (AvgIpc) is 3.11. The number of aryl methyl sites for hydroxylation is 3. The number of rotatable bonds is 5. The summed E-state index contributed by atoms with van der Waals surface area (Å²) in [5, 5.41) is 12.4. The fourth-order valence-electron chi connectivity index (χ4n) is 3.86. The zero-order valence-corrected chi connectivity index (χ0v) is 18.4. The van der Waals surface area contributed by atoms with E-state index in [1.807, 2.05) is 38.1 Å². The standard InChI is InChI=1S/C24H24FN5O2/c1-5-20(23(31)26-18-8-6-7-17(25)13-18)30-24(32)22-21(15(3)27-30)16(4)29(28-22)19-11-9-14(2)10-12-19/h6-13,20H,5H2,1-4H3,(H,26,31)/t20-/m0/s1. The van der Waals surface area contributed by atoms with Crippen LogP contribution in [0.3, 0.4) is 0 Å². The highest BCUT2D eigenvalue weighted by Crippen LogP contribution is 2.23. The molecule has 0 spiro atoms. The molecule has 0 aliphatic heterocycles. The molecule has 0 aliphatic rings. The largest absolute Gasteiger partial charge is 0.324 e. The maximum atomic E-state index is 13.5. The smallest absolute Gasteiger partial charge is 0.295 e. The molecule has 2 aromatic heterocycles. The number of halogens is 1. The van der Waals surface area contributed by atoms with Gasteiger partial charge in [-0.05, 0) is 57.5 Å². The van der Waals surface area contributed by atoms with E-state index in [2.05, 4.69) is 15.5 Å². The molecule has 0 radical (unpaired) electrons. The molecule has 0 saturated heterocycles. The van der Waals surface area contributed by atoms with Crippen LogP contribution in [-0.4, -0.2) is 25.5 Å². The molecule has 0 bridgehead atoms. The number of nitrogens with one attached hydrogen (secondary N) is 1. The number of benzene rings is 2. The molecule has 0 unspecified atom stereocenters. The van der Waals surface area contributed by atoms with Crippen molar-refractivity contribution in [3.63, 3.8) is 0 Å². The minimum absolute atomic E-state index is 0.257. The average molecular weight is 433 g/mol. The zero-order valence-electron chi connectivity index (χ0n) is 18.4. The third-order valence-corrected chi connectivity index (χ3v) is 5.50. The van der Waals surface area contributed by atoms with Crippen LogP contribution in [0.25, 0.3) is 16.6 Å². The Bertz CT molecular complexity index is 1370. The third kappa shape index (κ3) is 3.79. The molecule has 2 heterocycles. The molecule has 0 fully saturated rings. The molecule has 1 amide bonds. The van der Waals surface area contributed by atoms with Crippen LogP contribution in [0.5, 0.6) is 0 Å². The normalized spacial score (nSPS) is 12.2. The summed E-state index contributed by atoms with van der Waals surface area (Å²) in [6, 6.07) is 12.6. The summed E-state index contributed by atoms with van der Waals surface area (Å²) in [7, 11) is 0. The predicted molar refractivity (Wildman–Crippen MR) is 122 cm³/mol. The number of fused-ring (bicyclic) bond motifs is 1. The number of carbonyl (C=O) groups excluding carboxylic acids is 1. The van der Waals surface area contributed by atoms with Gasteiger partial charge in [0.15, 0.2) is 5.52 Å². The Kier molecular flexibility index (Phi) is 5.61. The van der Waals surface area contributed by atoms with Crippen molar-refractivity contribution in [3.8, 4) is 5.69 Å². The second-order valence-corrected chi connectivity index (χ2v) is 7.82. The number of nitrogens with zero attached hydrogens (tertiary/aromatic N) is 4. The summed E-state index contributed by atoms with van der Waals surface area (Å²) in [5.41, 5.74) is 3.50. The van der Waals surface area contributed by atoms with Crippen molar-refractivity contribution < 1.29 is 9.18 Å². The topological polar surface area (TPSA) is 81.8 Å². The first kappa shape index (κ1) is 21.4. The van der Waals surface area contributed by atoms with Crippen LogP contribution < -0.4 is 10.9 Å². The summed E-state index contributed by atoms with van der Waals surface area (Å²) >= 11 is 0. The van der Waals surface area contributed by atoms with E-state index in [9.17, 15) is 14.0 Å². The predicted octanol–water partition coefficient (Wildman–Crippen LogP) is 4.24. The second-order valence-electron chi connectivity index (χ2n) is 7.82. The van der Waals surface area contributed by atoms with E-state index in [1.165, 1.54) is 22.9 Å². The molecule has 2 aromatic carbocycles. The van der Waals surface area contributed by atoms with Crippen LogP contribution in [-0.2, 0) is 4.79 Å². The summed E-state index contributed by atoms with van der Waals surface area (Å²) in [6.07, 6.45) is 0.330. The second kappa shape index (κ2) is 8.37. The maximum absolute atomic E-state index is 13.5. The van der Waals surface area contributed by atoms with E-state index in [0.29, 0.717) is 23.2 Å². The van der Waals surface area contributed by atoms with E-state index in [-0.39, 0.29) is 5.52 Å². The van der Waals surface area contributed by atoms with Crippen LogP contribution in [0.1, 0.15) is 36.3 Å². The number of carbonyl (C=O) groups is 1. The Morgan fingerprint density at radius 1 is 1.09 bits per heavy atom. The first-order chi connectivity index (χ1) is 15.3. The van der Waals surface area contributed by atoms with Gasteiger partial charge in [-0.2, -0.15) is 10.2 Å². The Labute approximate surface area is 184 Å². The van der Waals surface area contributed by atoms with Gasteiger partial charge in [-0.3, -0.25) is 9.59 Å². The van der Waals surface area contributed by atoms with E-state index >= 15 is 0 Å². The number of aromatic nitrogens is 4. The Morgan fingerprint density at radius 2 is 1.81 bits per heavy atom. The van der Waals surface area contributed by atoms with Crippen LogP contribution in [0, 0.1) is 26.6 Å². The molecule has 8 heteroatoms. The molecule has 1 N–H and O–H groups in total. The lowest BCUT2D eigenvalue weighted by atomic mass is 10.1. The lowest BCUT2D eigenvalue weighted by Gasteiger charge is -2.17. The van der Waals surface area contributed by atoms with Gasteiger partial charge in [0, 0.05) is 5.69 Å². The van der Waals surface area contributed by atoms with Crippen molar-refractivity contribution in [1.82, 2.24) is 19.6 Å². The fraction of sp³-hybridized carbons (Fsp3) is 0.250. The minimum atomic E-state index is -0.862. The van der Waals surface area contributed by atoms with Crippen LogP contribution >= 0.6 is 0 Å². The molecule has 4 aromatic rings. The van der Waals surface area contributed by atoms with Gasteiger partial charge in [-0.25, -0.2) is 13.8 Å². The van der Waals surface area contributed by atoms with Crippen LogP contribution in [0.4, 0.5) is 10.1 Å². The molecular weight excluding hydrogens is 409 g/mol. The highest BCUT2D eigenvalue weighted by molar-refractivity contribution is 5.94. The van der Waals surface area contributed by atoms with Crippen molar-refractivity contribution in [1.29, 1.82) is 0 Å². The highest BCUT2D eigenvalue weighted by atomic mass is 19.1. The number of anilines is 1.